The lowest BCUT2D eigenvalue weighted by Gasteiger charge is -2.19. The number of carboxylic acids is 1. The molecule has 4 aromatic rings. The molecule has 0 fully saturated rings. The van der Waals surface area contributed by atoms with E-state index in [0.29, 0.717) is 12.4 Å². The lowest BCUT2D eigenvalue weighted by atomic mass is 10.1. The van der Waals surface area contributed by atoms with Crippen molar-refractivity contribution in [1.82, 2.24) is 4.98 Å². The fraction of sp³-hybridized carbons (Fsp3) is 0.172. The Labute approximate surface area is 204 Å². The molecule has 0 aliphatic rings. The number of hydrogen-bond acceptors (Lipinski definition) is 5. The standard InChI is InChI=1S/C29H27NO5/c1-3-34-28(19-35-27-16-15-24(33-2)18-25(27)29(31)32)22-9-6-7-20(17-22)11-13-23-14-12-21-8-4-5-10-26(21)30-23/h4-18,28H,3,19H2,1-2H3,(H,31,32)/b13-11+. The lowest BCUT2D eigenvalue weighted by Crippen LogP contribution is -2.15. The molecular formula is C29H27NO5. The number of carboxylic acid groups (broad SMARTS) is 1. The number of carbonyl (C=O) groups is 1. The molecule has 1 unspecified atom stereocenters. The van der Waals surface area contributed by atoms with Crippen molar-refractivity contribution in [3.05, 3.63) is 101 Å². The summed E-state index contributed by atoms with van der Waals surface area (Å²) < 4.78 is 16.9. The van der Waals surface area contributed by atoms with Crippen molar-refractivity contribution < 1.29 is 24.1 Å². The van der Waals surface area contributed by atoms with Gasteiger partial charge in [0, 0.05) is 12.0 Å². The van der Waals surface area contributed by atoms with Crippen LogP contribution < -0.4 is 9.47 Å². The van der Waals surface area contributed by atoms with E-state index in [2.05, 4.69) is 11.1 Å². The van der Waals surface area contributed by atoms with E-state index < -0.39 is 5.97 Å². The van der Waals surface area contributed by atoms with Crippen molar-refractivity contribution in [2.45, 2.75) is 13.0 Å². The monoisotopic (exact) mass is 469 g/mol. The van der Waals surface area contributed by atoms with E-state index in [-0.39, 0.29) is 24.0 Å². The normalized spacial score (nSPS) is 12.1. The summed E-state index contributed by atoms with van der Waals surface area (Å²) in [5.41, 5.74) is 3.80. The van der Waals surface area contributed by atoms with E-state index in [0.717, 1.165) is 27.7 Å². The molecule has 3 aromatic carbocycles. The molecule has 0 amide bonds. The Kier molecular flexibility index (Phi) is 7.75. The number of ether oxygens (including phenoxy) is 3. The topological polar surface area (TPSA) is 77.9 Å². The second-order valence-corrected chi connectivity index (χ2v) is 7.85. The van der Waals surface area contributed by atoms with Gasteiger partial charge < -0.3 is 19.3 Å². The Balaban J connectivity index is 1.51. The van der Waals surface area contributed by atoms with Crippen molar-refractivity contribution in [2.75, 3.05) is 20.3 Å². The predicted molar refractivity (Wildman–Crippen MR) is 137 cm³/mol. The van der Waals surface area contributed by atoms with E-state index in [1.54, 1.807) is 12.1 Å². The van der Waals surface area contributed by atoms with Crippen molar-refractivity contribution in [3.63, 3.8) is 0 Å². The third-order valence-corrected chi connectivity index (χ3v) is 5.52. The van der Waals surface area contributed by atoms with Gasteiger partial charge in [-0.1, -0.05) is 48.5 Å². The molecule has 0 spiro atoms. The Morgan fingerprint density at radius 2 is 1.86 bits per heavy atom. The van der Waals surface area contributed by atoms with Crippen molar-refractivity contribution in [3.8, 4) is 11.5 Å². The number of aromatic nitrogens is 1. The van der Waals surface area contributed by atoms with E-state index in [1.165, 1.54) is 13.2 Å². The minimum absolute atomic E-state index is 0.0409. The molecule has 6 heteroatoms. The molecule has 35 heavy (non-hydrogen) atoms. The fourth-order valence-corrected chi connectivity index (χ4v) is 3.76. The molecule has 178 valence electrons. The first kappa shape index (κ1) is 24.0. The highest BCUT2D eigenvalue weighted by atomic mass is 16.5. The van der Waals surface area contributed by atoms with Gasteiger partial charge in [0.2, 0.25) is 0 Å². The van der Waals surface area contributed by atoms with Crippen LogP contribution in [0.5, 0.6) is 11.5 Å². The smallest absolute Gasteiger partial charge is 0.339 e. The van der Waals surface area contributed by atoms with Gasteiger partial charge in [0.25, 0.3) is 0 Å². The number of methoxy groups -OCH3 is 1. The second kappa shape index (κ2) is 11.3. The molecule has 0 bridgehead atoms. The largest absolute Gasteiger partial charge is 0.497 e. The number of aromatic carboxylic acids is 1. The molecule has 1 heterocycles. The summed E-state index contributed by atoms with van der Waals surface area (Å²) in [6.45, 7) is 2.57. The van der Waals surface area contributed by atoms with E-state index in [1.807, 2.05) is 73.7 Å². The average Bonchev–Trinajstić information content (AvgIpc) is 2.89. The first-order valence-corrected chi connectivity index (χ1v) is 11.4. The summed E-state index contributed by atoms with van der Waals surface area (Å²) in [7, 11) is 1.49. The minimum Gasteiger partial charge on any atom is -0.497 e. The summed E-state index contributed by atoms with van der Waals surface area (Å²) in [5, 5.41) is 10.6. The van der Waals surface area contributed by atoms with Crippen LogP contribution in [0.4, 0.5) is 0 Å². The summed E-state index contributed by atoms with van der Waals surface area (Å²) in [6.07, 6.45) is 3.63. The van der Waals surface area contributed by atoms with E-state index in [4.69, 9.17) is 14.2 Å². The third-order valence-electron chi connectivity index (χ3n) is 5.52. The number of nitrogens with zero attached hydrogens (tertiary/aromatic N) is 1. The first-order chi connectivity index (χ1) is 17.1. The van der Waals surface area contributed by atoms with Gasteiger partial charge in [0.15, 0.2) is 0 Å². The number of para-hydroxylation sites is 1. The van der Waals surface area contributed by atoms with Crippen molar-refractivity contribution in [2.24, 2.45) is 0 Å². The zero-order valence-electron chi connectivity index (χ0n) is 19.7. The third kappa shape index (κ3) is 6.05. The number of fused-ring (bicyclic) bond motifs is 1. The molecule has 0 radical (unpaired) electrons. The predicted octanol–water partition coefficient (Wildman–Crippen LogP) is 6.27. The van der Waals surface area contributed by atoms with Crippen LogP contribution in [-0.4, -0.2) is 36.4 Å². The van der Waals surface area contributed by atoms with E-state index >= 15 is 0 Å². The number of rotatable bonds is 10. The van der Waals surface area contributed by atoms with Crippen LogP contribution in [0.3, 0.4) is 0 Å². The van der Waals surface area contributed by atoms with Crippen molar-refractivity contribution in [1.29, 1.82) is 0 Å². The molecule has 1 aromatic heterocycles. The Hall–Kier alpha value is -4.16. The zero-order valence-corrected chi connectivity index (χ0v) is 19.7. The Morgan fingerprint density at radius 1 is 1.00 bits per heavy atom. The quantitative estimate of drug-likeness (QED) is 0.295. The molecule has 6 nitrogen and oxygen atoms in total. The van der Waals surface area contributed by atoms with Crippen molar-refractivity contribution >= 4 is 29.0 Å². The Bertz CT molecular complexity index is 1350. The zero-order chi connectivity index (χ0) is 24.6. The SMILES string of the molecule is CCOC(COc1ccc(OC)cc1C(=O)O)c1cccc(/C=C/c2ccc3ccccc3n2)c1. The first-order valence-electron chi connectivity index (χ1n) is 11.4. The molecule has 0 saturated heterocycles. The molecule has 4 rings (SSSR count). The number of benzene rings is 3. The van der Waals surface area contributed by atoms with Crippen LogP contribution in [0.1, 0.15) is 40.2 Å². The molecule has 0 aliphatic carbocycles. The van der Waals surface area contributed by atoms with Gasteiger partial charge in [-0.15, -0.1) is 0 Å². The van der Waals surface area contributed by atoms with Gasteiger partial charge in [-0.25, -0.2) is 9.78 Å². The fourth-order valence-electron chi connectivity index (χ4n) is 3.76. The highest BCUT2D eigenvalue weighted by molar-refractivity contribution is 5.91. The average molecular weight is 470 g/mol. The maximum absolute atomic E-state index is 11.7. The van der Waals surface area contributed by atoms with Gasteiger partial charge in [0.1, 0.15) is 29.8 Å². The Morgan fingerprint density at radius 3 is 2.66 bits per heavy atom. The summed E-state index contributed by atoms with van der Waals surface area (Å²) in [5.74, 6) is -0.362. The van der Waals surface area contributed by atoms with Gasteiger partial charge in [-0.3, -0.25) is 0 Å². The second-order valence-electron chi connectivity index (χ2n) is 7.85. The van der Waals surface area contributed by atoms with Crippen LogP contribution in [0, 0.1) is 0 Å². The van der Waals surface area contributed by atoms with Crippen LogP contribution in [0.15, 0.2) is 78.9 Å². The molecule has 1 N–H and O–H groups in total. The van der Waals surface area contributed by atoms with Crippen LogP contribution in [0.25, 0.3) is 23.1 Å². The summed E-state index contributed by atoms with van der Waals surface area (Å²) in [4.78, 5) is 16.3. The maximum atomic E-state index is 11.7. The van der Waals surface area contributed by atoms with Crippen LogP contribution >= 0.6 is 0 Å². The van der Waals surface area contributed by atoms with Gasteiger partial charge >= 0.3 is 5.97 Å². The number of pyridine rings is 1. The minimum atomic E-state index is -1.08. The molecular weight excluding hydrogens is 442 g/mol. The van der Waals surface area contributed by atoms with Gasteiger partial charge in [-0.05, 0) is 60.5 Å². The summed E-state index contributed by atoms with van der Waals surface area (Å²) in [6, 6.07) is 24.8. The van der Waals surface area contributed by atoms with Gasteiger partial charge in [0.05, 0.1) is 18.3 Å². The van der Waals surface area contributed by atoms with Gasteiger partial charge in [-0.2, -0.15) is 0 Å². The molecule has 1 atom stereocenters. The van der Waals surface area contributed by atoms with E-state index in [9.17, 15) is 9.90 Å². The van der Waals surface area contributed by atoms with Crippen LogP contribution in [0.2, 0.25) is 0 Å². The maximum Gasteiger partial charge on any atom is 0.339 e. The van der Waals surface area contributed by atoms with Crippen LogP contribution in [-0.2, 0) is 4.74 Å². The lowest BCUT2D eigenvalue weighted by molar-refractivity contribution is 0.0260. The molecule has 0 saturated carbocycles. The summed E-state index contributed by atoms with van der Waals surface area (Å²) >= 11 is 0. The molecule has 0 aliphatic heterocycles. The highest BCUT2D eigenvalue weighted by Crippen LogP contribution is 2.27. The highest BCUT2D eigenvalue weighted by Gasteiger charge is 2.17. The number of hydrogen-bond donors (Lipinski definition) is 1.